The van der Waals surface area contributed by atoms with E-state index in [1.54, 1.807) is 0 Å². The number of nitrogens with zero attached hydrogens (tertiary/aromatic N) is 3. The Morgan fingerprint density at radius 3 is 2.42 bits per heavy atom. The van der Waals surface area contributed by atoms with E-state index in [9.17, 15) is 4.79 Å². The van der Waals surface area contributed by atoms with Gasteiger partial charge in [0.05, 0.1) is 16.8 Å². The topological polar surface area (TPSA) is 47.9 Å². The van der Waals surface area contributed by atoms with E-state index in [2.05, 4.69) is 45.4 Å². The van der Waals surface area contributed by atoms with Gasteiger partial charge in [0.15, 0.2) is 0 Å². The summed E-state index contributed by atoms with van der Waals surface area (Å²) in [6.45, 7) is 3.89. The molecule has 0 aromatic heterocycles. The molecule has 31 heavy (non-hydrogen) atoms. The highest BCUT2D eigenvalue weighted by atomic mass is 79.9. The molecule has 1 saturated heterocycles. The second kappa shape index (κ2) is 10.2. The minimum atomic E-state index is -0.106. The van der Waals surface area contributed by atoms with Crippen LogP contribution in [0.1, 0.15) is 50.6 Å². The first-order valence-corrected chi connectivity index (χ1v) is 12.2. The zero-order chi connectivity index (χ0) is 21.8. The van der Waals surface area contributed by atoms with E-state index >= 15 is 0 Å². The summed E-state index contributed by atoms with van der Waals surface area (Å²) in [4.78, 5) is 13.3. The van der Waals surface area contributed by atoms with Gasteiger partial charge in [0, 0.05) is 23.5 Å². The van der Waals surface area contributed by atoms with Crippen molar-refractivity contribution in [3.8, 4) is 0 Å². The summed E-state index contributed by atoms with van der Waals surface area (Å²) >= 11 is 10.1. The second-order valence-corrected chi connectivity index (χ2v) is 9.46. The number of hydrazine groups is 1. The first-order chi connectivity index (χ1) is 15.1. The zero-order valence-corrected chi connectivity index (χ0v) is 20.1. The fraction of sp³-hybridized carbons (Fsp3) is 0.417. The Hall–Kier alpha value is -1.89. The van der Waals surface area contributed by atoms with Gasteiger partial charge in [0.25, 0.3) is 5.91 Å². The van der Waals surface area contributed by atoms with Crippen LogP contribution in [0.5, 0.6) is 0 Å². The normalized spacial score (nSPS) is 22.2. The lowest BCUT2D eigenvalue weighted by Crippen LogP contribution is -2.47. The fourth-order valence-electron chi connectivity index (χ4n) is 4.46. The van der Waals surface area contributed by atoms with Gasteiger partial charge >= 0.3 is 0 Å². The number of carbonyl (C=O) groups excluding carboxylic acids is 1. The Kier molecular flexibility index (Phi) is 7.31. The van der Waals surface area contributed by atoms with Crippen LogP contribution < -0.4 is 10.4 Å². The summed E-state index contributed by atoms with van der Waals surface area (Å²) in [5.74, 6) is -0.144. The van der Waals surface area contributed by atoms with E-state index in [4.69, 9.17) is 16.7 Å². The maximum Gasteiger partial charge on any atom is 0.282 e. The summed E-state index contributed by atoms with van der Waals surface area (Å²) in [5.41, 5.74) is 5.62. The van der Waals surface area contributed by atoms with Gasteiger partial charge in [-0.25, -0.2) is 5.01 Å². The van der Waals surface area contributed by atoms with Crippen LogP contribution >= 0.6 is 27.5 Å². The molecule has 2 aliphatic heterocycles. The summed E-state index contributed by atoms with van der Waals surface area (Å²) in [7, 11) is 0. The molecule has 1 amide bonds. The molecule has 2 aromatic carbocycles. The quantitative estimate of drug-likeness (QED) is 0.548. The number of hydrogen-bond donors (Lipinski definition) is 1. The molecule has 0 bridgehead atoms. The highest BCUT2D eigenvalue weighted by molar-refractivity contribution is 9.10. The van der Waals surface area contributed by atoms with Crippen LogP contribution in [-0.4, -0.2) is 29.7 Å². The van der Waals surface area contributed by atoms with Gasteiger partial charge in [0.1, 0.15) is 5.71 Å². The van der Waals surface area contributed by atoms with Gasteiger partial charge in [-0.1, -0.05) is 71.6 Å². The number of rotatable bonds is 5. The number of nitrogens with one attached hydrogen (secondary N) is 1. The van der Waals surface area contributed by atoms with Crippen molar-refractivity contribution in [2.24, 2.45) is 11.0 Å². The lowest BCUT2D eigenvalue weighted by atomic mass is 9.87. The number of amides is 1. The summed E-state index contributed by atoms with van der Waals surface area (Å²) < 4.78 is 1.02. The standard InChI is InChI=1S/C24H28BrClN4O/c1-2-19-22(24(31)28-29-15-7-3-4-8-16-29)27-30(21-10-6-5-9-20(21)26)23(19)17-11-13-18(25)14-12-17/h5-6,9-14,19,23H,2-4,7-8,15-16H2,1H3,(H,28,31). The van der Waals surface area contributed by atoms with E-state index < -0.39 is 0 Å². The van der Waals surface area contributed by atoms with Crippen LogP contribution in [0.25, 0.3) is 0 Å². The van der Waals surface area contributed by atoms with Gasteiger partial charge in [0.2, 0.25) is 0 Å². The van der Waals surface area contributed by atoms with Crippen molar-refractivity contribution in [3.63, 3.8) is 0 Å². The number of anilines is 1. The van der Waals surface area contributed by atoms with Gasteiger partial charge < -0.3 is 0 Å². The molecule has 0 aliphatic carbocycles. The number of hydrazone groups is 1. The summed E-state index contributed by atoms with van der Waals surface area (Å²) in [6.07, 6.45) is 5.45. The van der Waals surface area contributed by atoms with Crippen molar-refractivity contribution >= 4 is 44.8 Å². The van der Waals surface area contributed by atoms with Crippen molar-refractivity contribution in [2.75, 3.05) is 18.1 Å². The van der Waals surface area contributed by atoms with E-state index in [-0.39, 0.29) is 17.9 Å². The van der Waals surface area contributed by atoms with Crippen LogP contribution in [-0.2, 0) is 4.79 Å². The van der Waals surface area contributed by atoms with E-state index in [0.29, 0.717) is 10.7 Å². The molecule has 2 unspecified atom stereocenters. The zero-order valence-electron chi connectivity index (χ0n) is 17.7. The molecule has 2 aromatic rings. The predicted molar refractivity (Wildman–Crippen MR) is 130 cm³/mol. The molecule has 164 valence electrons. The second-order valence-electron chi connectivity index (χ2n) is 8.13. The third-order valence-electron chi connectivity index (χ3n) is 6.06. The van der Waals surface area contributed by atoms with Crippen molar-refractivity contribution in [1.29, 1.82) is 0 Å². The Morgan fingerprint density at radius 1 is 1.10 bits per heavy atom. The highest BCUT2D eigenvalue weighted by Gasteiger charge is 2.41. The highest BCUT2D eigenvalue weighted by Crippen LogP contribution is 2.43. The first kappa shape index (κ1) is 22.3. The Bertz CT molecular complexity index is 941. The fourth-order valence-corrected chi connectivity index (χ4v) is 4.95. The van der Waals surface area contributed by atoms with Crippen LogP contribution in [0.2, 0.25) is 5.02 Å². The summed E-state index contributed by atoms with van der Waals surface area (Å²) in [6, 6.07) is 15.8. The SMILES string of the molecule is CCC1C(C(=O)NN2CCCCCC2)=NN(c2ccccc2Cl)C1c1ccc(Br)cc1. The number of hydrogen-bond acceptors (Lipinski definition) is 4. The van der Waals surface area contributed by atoms with Crippen molar-refractivity contribution in [3.05, 3.63) is 63.6 Å². The molecule has 1 fully saturated rings. The predicted octanol–water partition coefficient (Wildman–Crippen LogP) is 5.95. The minimum absolute atomic E-state index is 0.0376. The molecule has 5 nitrogen and oxygen atoms in total. The molecule has 2 aliphatic rings. The number of halogens is 2. The van der Waals surface area contributed by atoms with Crippen LogP contribution in [0, 0.1) is 5.92 Å². The lowest BCUT2D eigenvalue weighted by Gasteiger charge is -2.29. The molecule has 0 saturated carbocycles. The third kappa shape index (κ3) is 4.97. The van der Waals surface area contributed by atoms with E-state index in [0.717, 1.165) is 48.1 Å². The monoisotopic (exact) mass is 502 g/mol. The third-order valence-corrected chi connectivity index (χ3v) is 6.91. The lowest BCUT2D eigenvalue weighted by molar-refractivity contribution is -0.119. The first-order valence-electron chi connectivity index (χ1n) is 11.0. The van der Waals surface area contributed by atoms with Crippen molar-refractivity contribution in [1.82, 2.24) is 10.4 Å². The molecule has 0 spiro atoms. The Balaban J connectivity index is 1.68. The van der Waals surface area contributed by atoms with Gasteiger partial charge in [-0.2, -0.15) is 5.10 Å². The largest absolute Gasteiger partial charge is 0.284 e. The Labute approximate surface area is 197 Å². The summed E-state index contributed by atoms with van der Waals surface area (Å²) in [5, 5.41) is 9.46. The molecule has 2 heterocycles. The molecule has 1 N–H and O–H groups in total. The van der Waals surface area contributed by atoms with Crippen LogP contribution in [0.4, 0.5) is 5.69 Å². The maximum absolute atomic E-state index is 13.3. The molecule has 4 rings (SSSR count). The number of para-hydroxylation sites is 1. The average molecular weight is 504 g/mol. The Morgan fingerprint density at radius 2 is 1.77 bits per heavy atom. The maximum atomic E-state index is 13.3. The van der Waals surface area contributed by atoms with Gasteiger partial charge in [-0.15, -0.1) is 0 Å². The molecular formula is C24H28BrClN4O. The van der Waals surface area contributed by atoms with Gasteiger partial charge in [-0.05, 0) is 49.1 Å². The molecule has 2 atom stereocenters. The minimum Gasteiger partial charge on any atom is -0.284 e. The molecule has 7 heteroatoms. The molecule has 0 radical (unpaired) electrons. The van der Waals surface area contributed by atoms with Crippen LogP contribution in [0.15, 0.2) is 58.1 Å². The average Bonchev–Trinajstić information content (AvgIpc) is 2.97. The smallest absolute Gasteiger partial charge is 0.282 e. The number of carbonyl (C=O) groups is 1. The van der Waals surface area contributed by atoms with E-state index in [1.807, 2.05) is 41.4 Å². The number of benzene rings is 2. The van der Waals surface area contributed by atoms with E-state index in [1.165, 1.54) is 12.8 Å². The van der Waals surface area contributed by atoms with Crippen molar-refractivity contribution < 1.29 is 4.79 Å². The van der Waals surface area contributed by atoms with Gasteiger partial charge in [-0.3, -0.25) is 15.2 Å². The van der Waals surface area contributed by atoms with Crippen LogP contribution in [0.3, 0.4) is 0 Å². The molecular weight excluding hydrogens is 476 g/mol. The van der Waals surface area contributed by atoms with Crippen molar-refractivity contribution in [2.45, 2.75) is 45.1 Å².